The second-order valence-electron chi connectivity index (χ2n) is 6.13. The molecule has 3 aromatic rings. The van der Waals surface area contributed by atoms with Crippen LogP contribution in [0.25, 0.3) is 0 Å². The summed E-state index contributed by atoms with van der Waals surface area (Å²) in [5.41, 5.74) is 3.82. The Morgan fingerprint density at radius 1 is 1.08 bits per heavy atom. The van der Waals surface area contributed by atoms with Crippen molar-refractivity contribution in [2.24, 2.45) is 7.05 Å². The molecule has 1 aromatic heterocycles. The fraction of sp³-hybridized carbons (Fsp3) is 0.238. The van der Waals surface area contributed by atoms with Gasteiger partial charge in [-0.2, -0.15) is 0 Å². The molecule has 0 saturated heterocycles. The second kappa shape index (κ2) is 8.23. The van der Waals surface area contributed by atoms with Crippen molar-refractivity contribution in [1.82, 2.24) is 9.55 Å². The molecule has 3 rings (SSSR count). The highest BCUT2D eigenvalue weighted by atomic mass is 32.2. The molecule has 0 atom stereocenters. The summed E-state index contributed by atoms with van der Waals surface area (Å²) in [6.07, 6.45) is 0.604. The Hall–Kier alpha value is -2.53. The van der Waals surface area contributed by atoms with E-state index >= 15 is 0 Å². The summed E-state index contributed by atoms with van der Waals surface area (Å²) in [4.78, 5) is 17.5. The molecule has 0 aliphatic carbocycles. The third-order valence-corrected chi connectivity index (χ3v) is 5.38. The number of hydrogen-bond donors (Lipinski definition) is 0. The van der Waals surface area contributed by atoms with Gasteiger partial charge in [-0.05, 0) is 30.2 Å². The zero-order chi connectivity index (χ0) is 18.5. The maximum absolute atomic E-state index is 12.8. The Kier molecular flexibility index (Phi) is 5.78. The molecule has 0 radical (unpaired) electrons. The van der Waals surface area contributed by atoms with E-state index in [1.165, 1.54) is 0 Å². The van der Waals surface area contributed by atoms with Gasteiger partial charge in [0, 0.05) is 30.5 Å². The summed E-state index contributed by atoms with van der Waals surface area (Å²) in [6, 6.07) is 18.0. The maximum Gasteiger partial charge on any atom is 0.257 e. The van der Waals surface area contributed by atoms with Crippen molar-refractivity contribution in [2.75, 3.05) is 7.11 Å². The van der Waals surface area contributed by atoms with Gasteiger partial charge < -0.3 is 4.74 Å². The molecule has 134 valence electrons. The van der Waals surface area contributed by atoms with Crippen LogP contribution in [-0.4, -0.2) is 16.7 Å². The zero-order valence-corrected chi connectivity index (χ0v) is 16.0. The van der Waals surface area contributed by atoms with Crippen LogP contribution in [0.4, 0.5) is 0 Å². The minimum Gasteiger partial charge on any atom is -0.497 e. The summed E-state index contributed by atoms with van der Waals surface area (Å²) in [7, 11) is 3.45. The van der Waals surface area contributed by atoms with Gasteiger partial charge in [0.1, 0.15) is 5.75 Å². The number of ether oxygens (including phenoxy) is 1. The number of thioether (sulfide) groups is 1. The van der Waals surface area contributed by atoms with E-state index in [0.29, 0.717) is 6.42 Å². The molecule has 26 heavy (non-hydrogen) atoms. The molecule has 0 spiro atoms. The van der Waals surface area contributed by atoms with Gasteiger partial charge >= 0.3 is 0 Å². The first kappa shape index (κ1) is 18.3. The Morgan fingerprint density at radius 3 is 2.54 bits per heavy atom. The molecule has 5 heteroatoms. The van der Waals surface area contributed by atoms with Crippen LogP contribution in [0.1, 0.15) is 22.4 Å². The largest absolute Gasteiger partial charge is 0.497 e. The smallest absolute Gasteiger partial charge is 0.257 e. The quantitative estimate of drug-likeness (QED) is 0.489. The number of hydrogen-bond acceptors (Lipinski definition) is 4. The van der Waals surface area contributed by atoms with Crippen LogP contribution in [0, 0.1) is 6.92 Å². The standard InChI is InChI=1S/C21H22N2O2S/c1-15-19(13-16-8-5-4-6-9-16)20(24)23(2)21(22-15)26-14-17-10-7-11-18(12-17)25-3/h4-12H,13-14H2,1-3H3. The molecule has 0 fully saturated rings. The lowest BCUT2D eigenvalue weighted by atomic mass is 10.1. The van der Waals surface area contributed by atoms with E-state index in [2.05, 4.69) is 4.98 Å². The summed E-state index contributed by atoms with van der Waals surface area (Å²) >= 11 is 1.56. The first-order valence-corrected chi connectivity index (χ1v) is 9.43. The van der Waals surface area contributed by atoms with Gasteiger partial charge in [-0.1, -0.05) is 54.2 Å². The Labute approximate surface area is 157 Å². The highest BCUT2D eigenvalue weighted by Gasteiger charge is 2.13. The van der Waals surface area contributed by atoms with Crippen molar-refractivity contribution >= 4 is 11.8 Å². The maximum atomic E-state index is 12.8. The van der Waals surface area contributed by atoms with Gasteiger partial charge in [-0.25, -0.2) is 4.98 Å². The summed E-state index contributed by atoms with van der Waals surface area (Å²) in [5, 5.41) is 0.729. The fourth-order valence-corrected chi connectivity index (χ4v) is 3.73. The van der Waals surface area contributed by atoms with E-state index in [4.69, 9.17) is 4.74 Å². The van der Waals surface area contributed by atoms with Crippen LogP contribution in [-0.2, 0) is 19.2 Å². The van der Waals surface area contributed by atoms with E-state index in [1.807, 2.05) is 61.5 Å². The van der Waals surface area contributed by atoms with Gasteiger partial charge in [0.15, 0.2) is 5.16 Å². The number of benzene rings is 2. The Balaban J connectivity index is 1.82. The van der Waals surface area contributed by atoms with Gasteiger partial charge in [0.25, 0.3) is 5.56 Å². The highest BCUT2D eigenvalue weighted by Crippen LogP contribution is 2.23. The van der Waals surface area contributed by atoms with Gasteiger partial charge in [-0.3, -0.25) is 9.36 Å². The lowest BCUT2D eigenvalue weighted by Gasteiger charge is -2.12. The van der Waals surface area contributed by atoms with Crippen molar-refractivity contribution in [2.45, 2.75) is 24.3 Å². The van der Waals surface area contributed by atoms with Crippen LogP contribution < -0.4 is 10.3 Å². The Morgan fingerprint density at radius 2 is 1.81 bits per heavy atom. The fourth-order valence-electron chi connectivity index (χ4n) is 2.77. The second-order valence-corrected chi connectivity index (χ2v) is 7.07. The molecule has 0 bridgehead atoms. The molecule has 2 aromatic carbocycles. The van der Waals surface area contributed by atoms with Crippen molar-refractivity contribution in [3.05, 3.63) is 87.3 Å². The van der Waals surface area contributed by atoms with Crippen LogP contribution in [0.2, 0.25) is 0 Å². The number of aryl methyl sites for hydroxylation is 1. The molecular weight excluding hydrogens is 344 g/mol. The number of methoxy groups -OCH3 is 1. The SMILES string of the molecule is COc1cccc(CSc2nc(C)c(Cc3ccccc3)c(=O)n2C)c1. The molecule has 0 amide bonds. The number of aromatic nitrogens is 2. The van der Waals surface area contributed by atoms with E-state index in [0.717, 1.165) is 39.0 Å². The molecule has 4 nitrogen and oxygen atoms in total. The zero-order valence-electron chi connectivity index (χ0n) is 15.2. The van der Waals surface area contributed by atoms with Crippen LogP contribution >= 0.6 is 11.8 Å². The van der Waals surface area contributed by atoms with Crippen LogP contribution in [0.3, 0.4) is 0 Å². The van der Waals surface area contributed by atoms with Crippen molar-refractivity contribution in [1.29, 1.82) is 0 Å². The van der Waals surface area contributed by atoms with E-state index in [-0.39, 0.29) is 5.56 Å². The van der Waals surface area contributed by atoms with E-state index in [9.17, 15) is 4.79 Å². The molecule has 0 saturated carbocycles. The molecule has 0 N–H and O–H groups in total. The summed E-state index contributed by atoms with van der Waals surface area (Å²) in [6.45, 7) is 1.91. The first-order valence-electron chi connectivity index (χ1n) is 8.44. The molecule has 0 aliphatic heterocycles. The Bertz CT molecular complexity index is 952. The highest BCUT2D eigenvalue weighted by molar-refractivity contribution is 7.98. The van der Waals surface area contributed by atoms with Gasteiger partial charge in [0.05, 0.1) is 7.11 Å². The lowest BCUT2D eigenvalue weighted by molar-refractivity contribution is 0.414. The normalized spacial score (nSPS) is 10.7. The predicted molar refractivity (Wildman–Crippen MR) is 106 cm³/mol. The minimum atomic E-state index is 0.0227. The summed E-state index contributed by atoms with van der Waals surface area (Å²) < 4.78 is 6.91. The third kappa shape index (κ3) is 4.17. The molecule has 1 heterocycles. The number of nitrogens with zero attached hydrogens (tertiary/aromatic N) is 2. The van der Waals surface area contributed by atoms with Crippen molar-refractivity contribution < 1.29 is 4.74 Å². The minimum absolute atomic E-state index is 0.0227. The summed E-state index contributed by atoms with van der Waals surface area (Å²) in [5.74, 6) is 1.56. The first-order chi connectivity index (χ1) is 12.6. The van der Waals surface area contributed by atoms with Crippen LogP contribution in [0.5, 0.6) is 5.75 Å². The monoisotopic (exact) mass is 366 g/mol. The number of rotatable bonds is 6. The van der Waals surface area contributed by atoms with Crippen LogP contribution in [0.15, 0.2) is 64.5 Å². The van der Waals surface area contributed by atoms with Crippen molar-refractivity contribution in [3.63, 3.8) is 0 Å². The molecule has 0 unspecified atom stereocenters. The predicted octanol–water partition coefficient (Wildman–Crippen LogP) is 3.98. The van der Waals surface area contributed by atoms with Crippen molar-refractivity contribution in [3.8, 4) is 5.75 Å². The average Bonchev–Trinajstić information content (AvgIpc) is 2.68. The van der Waals surface area contributed by atoms with E-state index < -0.39 is 0 Å². The average molecular weight is 366 g/mol. The molecular formula is C21H22N2O2S. The third-order valence-electron chi connectivity index (χ3n) is 4.28. The molecule has 0 aliphatic rings. The lowest BCUT2D eigenvalue weighted by Crippen LogP contribution is -2.25. The van der Waals surface area contributed by atoms with Gasteiger partial charge in [0.2, 0.25) is 0 Å². The van der Waals surface area contributed by atoms with Gasteiger partial charge in [-0.15, -0.1) is 0 Å². The van der Waals surface area contributed by atoms with E-state index in [1.54, 1.807) is 30.5 Å². The topological polar surface area (TPSA) is 44.1 Å².